The number of amides is 1. The fraction of sp³-hybridized carbons (Fsp3) is 0.643. The Hall–Kier alpha value is -1.89. The molecule has 0 unspecified atom stereocenters. The molecule has 7 nitrogen and oxygen atoms in total. The number of aromatic nitrogens is 1. The fourth-order valence-electron chi connectivity index (χ4n) is 2.61. The molecule has 116 valence electrons. The van der Waals surface area contributed by atoms with Crippen molar-refractivity contribution in [1.82, 2.24) is 10.1 Å². The smallest absolute Gasteiger partial charge is 0.319 e. The van der Waals surface area contributed by atoms with E-state index in [0.717, 1.165) is 25.7 Å². The molecule has 0 saturated heterocycles. The average molecular weight is 295 g/mol. The van der Waals surface area contributed by atoms with Crippen molar-refractivity contribution in [2.45, 2.75) is 38.6 Å². The van der Waals surface area contributed by atoms with Crippen molar-refractivity contribution in [3.05, 3.63) is 11.8 Å². The first-order valence-electron chi connectivity index (χ1n) is 7.12. The molecule has 0 atom stereocenters. The van der Waals surface area contributed by atoms with Crippen LogP contribution in [-0.4, -0.2) is 48.2 Å². The van der Waals surface area contributed by atoms with E-state index in [2.05, 4.69) is 10.5 Å². The van der Waals surface area contributed by atoms with E-state index < -0.39 is 0 Å². The molecular weight excluding hydrogens is 274 g/mol. The van der Waals surface area contributed by atoms with Gasteiger partial charge in [-0.3, -0.25) is 14.5 Å². The van der Waals surface area contributed by atoms with Crippen molar-refractivity contribution < 1.29 is 18.8 Å². The van der Waals surface area contributed by atoms with Gasteiger partial charge in [-0.25, -0.2) is 0 Å². The van der Waals surface area contributed by atoms with E-state index in [4.69, 9.17) is 9.26 Å². The zero-order chi connectivity index (χ0) is 15.2. The van der Waals surface area contributed by atoms with E-state index in [0.29, 0.717) is 11.6 Å². The molecule has 1 heterocycles. The first-order valence-corrected chi connectivity index (χ1v) is 7.12. The number of hydrogen-bond acceptors (Lipinski definition) is 6. The Morgan fingerprint density at radius 1 is 1.43 bits per heavy atom. The number of anilines is 1. The van der Waals surface area contributed by atoms with Crippen molar-refractivity contribution >= 4 is 17.7 Å². The van der Waals surface area contributed by atoms with E-state index in [-0.39, 0.29) is 31.0 Å². The van der Waals surface area contributed by atoms with Crippen LogP contribution in [0.5, 0.6) is 0 Å². The van der Waals surface area contributed by atoms with Crippen LogP contribution in [0.25, 0.3) is 0 Å². The molecule has 21 heavy (non-hydrogen) atoms. The topological polar surface area (TPSA) is 84.7 Å². The summed E-state index contributed by atoms with van der Waals surface area (Å²) in [5.41, 5.74) is 0. The summed E-state index contributed by atoms with van der Waals surface area (Å²) in [5, 5.41) is 6.39. The van der Waals surface area contributed by atoms with Crippen LogP contribution in [0.15, 0.2) is 10.6 Å². The maximum absolute atomic E-state index is 12.1. The van der Waals surface area contributed by atoms with Crippen LogP contribution in [0.1, 0.15) is 31.4 Å². The zero-order valence-corrected chi connectivity index (χ0v) is 12.4. The molecule has 1 saturated carbocycles. The molecule has 1 fully saturated rings. The zero-order valence-electron chi connectivity index (χ0n) is 12.4. The molecule has 1 aromatic heterocycles. The third-order valence-corrected chi connectivity index (χ3v) is 3.64. The van der Waals surface area contributed by atoms with E-state index in [1.54, 1.807) is 13.0 Å². The van der Waals surface area contributed by atoms with Crippen molar-refractivity contribution in [3.63, 3.8) is 0 Å². The van der Waals surface area contributed by atoms with Crippen molar-refractivity contribution in [2.75, 3.05) is 25.5 Å². The molecule has 0 aromatic carbocycles. The van der Waals surface area contributed by atoms with Gasteiger partial charge >= 0.3 is 5.97 Å². The van der Waals surface area contributed by atoms with Crippen molar-refractivity contribution in [1.29, 1.82) is 0 Å². The lowest BCUT2D eigenvalue weighted by Gasteiger charge is -2.26. The minimum absolute atomic E-state index is 0.131. The third kappa shape index (κ3) is 4.56. The first kappa shape index (κ1) is 15.5. The second-order valence-corrected chi connectivity index (χ2v) is 5.29. The normalized spacial score (nSPS) is 15.4. The van der Waals surface area contributed by atoms with Crippen LogP contribution >= 0.6 is 0 Å². The average Bonchev–Trinajstić information content (AvgIpc) is 3.09. The van der Waals surface area contributed by atoms with Gasteiger partial charge in [0.2, 0.25) is 5.91 Å². The lowest BCUT2D eigenvalue weighted by atomic mass is 10.2. The van der Waals surface area contributed by atoms with Crippen LogP contribution in [-0.2, 0) is 14.3 Å². The van der Waals surface area contributed by atoms with Gasteiger partial charge < -0.3 is 14.6 Å². The summed E-state index contributed by atoms with van der Waals surface area (Å²) in [5.74, 6) is 0.487. The number of nitrogens with one attached hydrogen (secondary N) is 1. The monoisotopic (exact) mass is 295 g/mol. The van der Waals surface area contributed by atoms with Gasteiger partial charge in [-0.05, 0) is 19.8 Å². The van der Waals surface area contributed by atoms with Gasteiger partial charge in [0.15, 0.2) is 5.82 Å². The number of hydrogen-bond donors (Lipinski definition) is 1. The van der Waals surface area contributed by atoms with Gasteiger partial charge in [-0.1, -0.05) is 18.0 Å². The maximum atomic E-state index is 12.1. The van der Waals surface area contributed by atoms with Crippen molar-refractivity contribution in [2.24, 2.45) is 0 Å². The fourth-order valence-corrected chi connectivity index (χ4v) is 2.61. The van der Waals surface area contributed by atoms with Crippen LogP contribution in [0.4, 0.5) is 5.82 Å². The van der Waals surface area contributed by atoms with Crippen LogP contribution in [0.2, 0.25) is 0 Å². The Balaban J connectivity index is 1.93. The second-order valence-electron chi connectivity index (χ2n) is 5.29. The van der Waals surface area contributed by atoms with E-state index in [1.165, 1.54) is 7.11 Å². The highest BCUT2D eigenvalue weighted by atomic mass is 16.5. The number of methoxy groups -OCH3 is 1. The highest BCUT2D eigenvalue weighted by Gasteiger charge is 2.26. The van der Waals surface area contributed by atoms with Gasteiger partial charge in [0.05, 0.1) is 20.2 Å². The predicted molar refractivity (Wildman–Crippen MR) is 75.7 cm³/mol. The minimum atomic E-state index is -0.327. The maximum Gasteiger partial charge on any atom is 0.319 e. The number of rotatable bonds is 6. The molecule has 0 radical (unpaired) electrons. The number of carbonyl (C=O) groups excluding carboxylic acids is 2. The van der Waals surface area contributed by atoms with Crippen LogP contribution in [0, 0.1) is 6.92 Å². The van der Waals surface area contributed by atoms with E-state index in [9.17, 15) is 9.59 Å². The molecule has 1 aromatic rings. The summed E-state index contributed by atoms with van der Waals surface area (Å²) >= 11 is 0. The number of nitrogens with zero attached hydrogens (tertiary/aromatic N) is 2. The van der Waals surface area contributed by atoms with Crippen molar-refractivity contribution in [3.8, 4) is 0 Å². The summed E-state index contributed by atoms with van der Waals surface area (Å²) in [6, 6.07) is 1.91. The Bertz CT molecular complexity index is 494. The Labute approximate surface area is 123 Å². The quantitative estimate of drug-likeness (QED) is 0.797. The summed E-state index contributed by atoms with van der Waals surface area (Å²) in [4.78, 5) is 25.4. The van der Waals surface area contributed by atoms with Gasteiger partial charge in [0, 0.05) is 12.1 Å². The molecule has 7 heteroatoms. The molecule has 0 aliphatic heterocycles. The summed E-state index contributed by atoms with van der Waals surface area (Å²) in [6.07, 6.45) is 4.28. The standard InChI is InChI=1S/C14H21N3O4/c1-10-7-12(16-21-10)15-13(18)8-17(9-14(19)20-2)11-5-3-4-6-11/h7,11H,3-6,8-9H2,1-2H3,(H,15,16,18). The number of carbonyl (C=O) groups is 2. The molecule has 1 N–H and O–H groups in total. The molecular formula is C14H21N3O4. The molecule has 1 aliphatic rings. The summed E-state index contributed by atoms with van der Waals surface area (Å²) in [7, 11) is 1.35. The Kier molecular flexibility index (Phi) is 5.32. The van der Waals surface area contributed by atoms with Crippen LogP contribution < -0.4 is 5.32 Å². The van der Waals surface area contributed by atoms with Gasteiger partial charge in [-0.2, -0.15) is 0 Å². The number of ether oxygens (including phenoxy) is 1. The Morgan fingerprint density at radius 2 is 2.14 bits per heavy atom. The van der Waals surface area contributed by atoms with Gasteiger partial charge in [-0.15, -0.1) is 0 Å². The largest absolute Gasteiger partial charge is 0.468 e. The van der Waals surface area contributed by atoms with Gasteiger partial charge in [0.25, 0.3) is 0 Å². The third-order valence-electron chi connectivity index (χ3n) is 3.64. The number of esters is 1. The Morgan fingerprint density at radius 3 is 2.71 bits per heavy atom. The molecule has 1 aliphatic carbocycles. The van der Waals surface area contributed by atoms with Gasteiger partial charge in [0.1, 0.15) is 5.76 Å². The minimum Gasteiger partial charge on any atom is -0.468 e. The lowest BCUT2D eigenvalue weighted by Crippen LogP contribution is -2.43. The SMILES string of the molecule is COC(=O)CN(CC(=O)Nc1cc(C)on1)C1CCCC1. The lowest BCUT2D eigenvalue weighted by molar-refractivity contribution is -0.142. The summed E-state index contributed by atoms with van der Waals surface area (Å²) in [6.45, 7) is 2.03. The second kappa shape index (κ2) is 7.21. The first-order chi connectivity index (χ1) is 10.1. The summed E-state index contributed by atoms with van der Waals surface area (Å²) < 4.78 is 9.60. The highest BCUT2D eigenvalue weighted by Crippen LogP contribution is 2.23. The molecule has 2 rings (SSSR count). The number of aryl methyl sites for hydroxylation is 1. The van der Waals surface area contributed by atoms with Crippen LogP contribution in [0.3, 0.4) is 0 Å². The predicted octanol–water partition coefficient (Wildman–Crippen LogP) is 1.34. The molecule has 1 amide bonds. The van der Waals surface area contributed by atoms with E-state index in [1.807, 2.05) is 4.90 Å². The molecule has 0 bridgehead atoms. The molecule has 0 spiro atoms. The highest BCUT2D eigenvalue weighted by molar-refractivity contribution is 5.91. The van der Waals surface area contributed by atoms with E-state index >= 15 is 0 Å².